The first-order valence-electron chi connectivity index (χ1n) is 5.82. The lowest BCUT2D eigenvalue weighted by Gasteiger charge is -2.20. The van der Waals surface area contributed by atoms with Crippen molar-refractivity contribution in [3.8, 4) is 0 Å². The van der Waals surface area contributed by atoms with Crippen molar-refractivity contribution in [3.05, 3.63) is 0 Å². The zero-order chi connectivity index (χ0) is 15.2. The first kappa shape index (κ1) is 17.6. The third kappa shape index (κ3) is 6.97. The second-order valence-electron chi connectivity index (χ2n) is 4.38. The third-order valence-corrected chi connectivity index (χ3v) is 3.32. The molecule has 1 amide bonds. The fourth-order valence-corrected chi connectivity index (χ4v) is 2.18. The summed E-state index contributed by atoms with van der Waals surface area (Å²) in [5.41, 5.74) is 0. The van der Waals surface area contributed by atoms with Crippen LogP contribution in [0.1, 0.15) is 34.1 Å². The molecular weight excluding hydrogens is 276 g/mol. The summed E-state index contributed by atoms with van der Waals surface area (Å²) in [5, 5.41) is 8.95. The van der Waals surface area contributed by atoms with Crippen molar-refractivity contribution in [2.45, 2.75) is 46.3 Å². The predicted molar refractivity (Wildman–Crippen MR) is 67.7 cm³/mol. The highest BCUT2D eigenvalue weighted by molar-refractivity contribution is 7.88. The maximum absolute atomic E-state index is 11.6. The van der Waals surface area contributed by atoms with Crippen molar-refractivity contribution in [1.82, 2.24) is 9.44 Å². The number of ether oxygens (including phenoxy) is 1. The number of hydrogen-bond acceptors (Lipinski definition) is 5. The van der Waals surface area contributed by atoms with Gasteiger partial charge < -0.3 is 9.84 Å². The van der Waals surface area contributed by atoms with Crippen molar-refractivity contribution in [3.63, 3.8) is 0 Å². The molecule has 2 atom stereocenters. The van der Waals surface area contributed by atoms with Gasteiger partial charge in [-0.05, 0) is 19.8 Å². The van der Waals surface area contributed by atoms with Gasteiger partial charge in [0.1, 0.15) is 6.04 Å². The number of aliphatic carboxylic acids is 1. The summed E-state index contributed by atoms with van der Waals surface area (Å²) in [6.45, 7) is 6.43. The Morgan fingerprint density at radius 1 is 1.26 bits per heavy atom. The van der Waals surface area contributed by atoms with Gasteiger partial charge >= 0.3 is 22.3 Å². The molecule has 9 heteroatoms. The normalized spacial score (nSPS) is 14.8. The van der Waals surface area contributed by atoms with Crippen LogP contribution in [0.15, 0.2) is 0 Å². The summed E-state index contributed by atoms with van der Waals surface area (Å²) in [7, 11) is -4.28. The standard InChI is InChI=1S/C10H20N2O6S/c1-5-7(4)8(9(13)14)11-19(16,17)12-10(15)18-6(2)3/h6-8,11H,5H2,1-4H3,(H,12,15)(H,13,14)/t7?,8-/m0/s1. The number of carbonyl (C=O) groups is 2. The second kappa shape index (κ2) is 7.29. The van der Waals surface area contributed by atoms with Crippen molar-refractivity contribution < 1.29 is 27.9 Å². The van der Waals surface area contributed by atoms with E-state index in [-0.39, 0.29) is 0 Å². The van der Waals surface area contributed by atoms with Gasteiger partial charge in [0.15, 0.2) is 0 Å². The first-order valence-corrected chi connectivity index (χ1v) is 7.30. The smallest absolute Gasteiger partial charge is 0.422 e. The van der Waals surface area contributed by atoms with Crippen molar-refractivity contribution in [2.24, 2.45) is 5.92 Å². The quantitative estimate of drug-likeness (QED) is 0.627. The number of amides is 1. The minimum Gasteiger partial charge on any atom is -0.480 e. The lowest BCUT2D eigenvalue weighted by molar-refractivity contribution is -0.140. The molecule has 0 heterocycles. The Hall–Kier alpha value is -1.35. The molecule has 0 saturated heterocycles. The lowest BCUT2D eigenvalue weighted by atomic mass is 10.0. The van der Waals surface area contributed by atoms with Crippen molar-refractivity contribution in [1.29, 1.82) is 0 Å². The zero-order valence-corrected chi connectivity index (χ0v) is 12.2. The van der Waals surface area contributed by atoms with E-state index in [4.69, 9.17) is 5.11 Å². The van der Waals surface area contributed by atoms with Gasteiger partial charge in [-0.2, -0.15) is 13.1 Å². The SMILES string of the molecule is CCC(C)[C@H](NS(=O)(=O)NC(=O)OC(C)C)C(=O)O. The summed E-state index contributed by atoms with van der Waals surface area (Å²) >= 11 is 0. The zero-order valence-electron chi connectivity index (χ0n) is 11.3. The minimum absolute atomic E-state index is 0.421. The molecule has 0 rings (SSSR count). The molecule has 0 bridgehead atoms. The van der Waals surface area contributed by atoms with Crippen molar-refractivity contribution >= 4 is 22.3 Å². The van der Waals surface area contributed by atoms with Gasteiger partial charge in [-0.1, -0.05) is 20.3 Å². The molecule has 0 aliphatic rings. The van der Waals surface area contributed by atoms with Gasteiger partial charge in [-0.15, -0.1) is 0 Å². The van der Waals surface area contributed by atoms with E-state index in [9.17, 15) is 18.0 Å². The molecule has 0 radical (unpaired) electrons. The molecule has 0 saturated carbocycles. The highest BCUT2D eigenvalue weighted by Gasteiger charge is 2.29. The van der Waals surface area contributed by atoms with Gasteiger partial charge in [-0.25, -0.2) is 9.52 Å². The molecule has 0 aromatic carbocycles. The van der Waals surface area contributed by atoms with Crippen LogP contribution < -0.4 is 9.44 Å². The first-order chi connectivity index (χ1) is 8.59. The van der Waals surface area contributed by atoms with Crippen LogP contribution in [-0.4, -0.2) is 37.7 Å². The molecule has 0 spiro atoms. The molecule has 0 aromatic heterocycles. The Kier molecular flexibility index (Phi) is 6.77. The lowest BCUT2D eigenvalue weighted by Crippen LogP contribution is -2.51. The van der Waals surface area contributed by atoms with Crippen molar-refractivity contribution in [2.75, 3.05) is 0 Å². The molecule has 19 heavy (non-hydrogen) atoms. The van der Waals surface area contributed by atoms with Crippen LogP contribution in [0.2, 0.25) is 0 Å². The van der Waals surface area contributed by atoms with Gasteiger partial charge in [0.2, 0.25) is 0 Å². The van der Waals surface area contributed by atoms with E-state index in [0.29, 0.717) is 6.42 Å². The Balaban J connectivity index is 4.74. The van der Waals surface area contributed by atoms with Gasteiger partial charge in [0.05, 0.1) is 6.10 Å². The van der Waals surface area contributed by atoms with Crippen LogP contribution >= 0.6 is 0 Å². The second-order valence-corrected chi connectivity index (χ2v) is 5.83. The Labute approximate surface area is 112 Å². The molecular formula is C10H20N2O6S. The molecule has 8 nitrogen and oxygen atoms in total. The molecule has 0 aliphatic heterocycles. The molecule has 3 N–H and O–H groups in total. The summed E-state index contributed by atoms with van der Waals surface area (Å²) in [4.78, 5) is 22.1. The summed E-state index contributed by atoms with van der Waals surface area (Å²) in [5.74, 6) is -1.73. The van der Waals surface area contributed by atoms with E-state index in [1.165, 1.54) is 0 Å². The number of carbonyl (C=O) groups excluding carboxylic acids is 1. The predicted octanol–water partition coefficient (Wildman–Crippen LogP) is 0.455. The number of carboxylic acids is 1. The summed E-state index contributed by atoms with van der Waals surface area (Å²) < 4.78 is 31.2. The number of nitrogens with one attached hydrogen (secondary N) is 2. The molecule has 0 fully saturated rings. The van der Waals surface area contributed by atoms with Crippen LogP contribution in [0.4, 0.5) is 4.79 Å². The molecule has 112 valence electrons. The van der Waals surface area contributed by atoms with E-state index in [1.807, 2.05) is 4.72 Å². The van der Waals surface area contributed by atoms with Crippen LogP contribution in [0.25, 0.3) is 0 Å². The van der Waals surface area contributed by atoms with Crippen LogP contribution in [0.3, 0.4) is 0 Å². The topological polar surface area (TPSA) is 122 Å². The van der Waals surface area contributed by atoms with Gasteiger partial charge in [0, 0.05) is 0 Å². The van der Waals surface area contributed by atoms with E-state index in [0.717, 1.165) is 0 Å². The summed E-state index contributed by atoms with van der Waals surface area (Å²) in [6, 6.07) is -1.31. The van der Waals surface area contributed by atoms with Crippen LogP contribution in [0, 0.1) is 5.92 Å². The molecule has 0 aromatic rings. The third-order valence-electron chi connectivity index (χ3n) is 2.32. The maximum Gasteiger partial charge on any atom is 0.422 e. The highest BCUT2D eigenvalue weighted by Crippen LogP contribution is 2.08. The summed E-state index contributed by atoms with van der Waals surface area (Å²) in [6.07, 6.45) is -1.17. The Morgan fingerprint density at radius 2 is 1.79 bits per heavy atom. The molecule has 1 unspecified atom stereocenters. The largest absolute Gasteiger partial charge is 0.480 e. The van der Waals surface area contributed by atoms with E-state index >= 15 is 0 Å². The average molecular weight is 296 g/mol. The monoisotopic (exact) mass is 296 g/mol. The Bertz CT molecular complexity index is 420. The number of carboxylic acid groups (broad SMARTS) is 1. The van der Waals surface area contributed by atoms with Crippen LogP contribution in [-0.2, 0) is 19.7 Å². The number of rotatable bonds is 7. The average Bonchev–Trinajstić information content (AvgIpc) is 2.22. The molecule has 0 aliphatic carbocycles. The van der Waals surface area contributed by atoms with Gasteiger partial charge in [-0.3, -0.25) is 4.79 Å². The van der Waals surface area contributed by atoms with E-state index in [1.54, 1.807) is 32.4 Å². The van der Waals surface area contributed by atoms with Gasteiger partial charge in [0.25, 0.3) is 0 Å². The minimum atomic E-state index is -4.28. The highest BCUT2D eigenvalue weighted by atomic mass is 32.2. The fraction of sp³-hybridized carbons (Fsp3) is 0.800. The number of hydrogen-bond donors (Lipinski definition) is 3. The van der Waals surface area contributed by atoms with E-state index in [2.05, 4.69) is 4.74 Å². The fourth-order valence-electron chi connectivity index (χ4n) is 1.19. The van der Waals surface area contributed by atoms with E-state index < -0.39 is 40.3 Å². The van der Waals surface area contributed by atoms with Crippen LogP contribution in [0.5, 0.6) is 0 Å². The Morgan fingerprint density at radius 3 is 2.16 bits per heavy atom. The maximum atomic E-state index is 11.6.